The molecule has 0 spiro atoms. The van der Waals surface area contributed by atoms with Crippen molar-refractivity contribution in [3.05, 3.63) is 64.7 Å². The molecule has 0 atom stereocenters. The Labute approximate surface area is 183 Å². The highest BCUT2D eigenvalue weighted by molar-refractivity contribution is 5.96. The smallest absolute Gasteiger partial charge is 0.338 e. The van der Waals surface area contributed by atoms with Gasteiger partial charge in [-0.05, 0) is 60.1 Å². The van der Waals surface area contributed by atoms with E-state index >= 15 is 0 Å². The van der Waals surface area contributed by atoms with Crippen LogP contribution in [-0.4, -0.2) is 53.3 Å². The van der Waals surface area contributed by atoms with Gasteiger partial charge in [0.05, 0.1) is 6.54 Å². The predicted molar refractivity (Wildman–Crippen MR) is 118 cm³/mol. The van der Waals surface area contributed by atoms with Crippen LogP contribution < -0.4 is 10.5 Å². The molecule has 1 heterocycles. The molecule has 3 N–H and O–H groups in total. The molecule has 2 aromatic rings. The van der Waals surface area contributed by atoms with E-state index in [4.69, 9.17) is 10.5 Å². The molecule has 7 nitrogen and oxygen atoms in total. The molecule has 0 saturated carbocycles. The SMILES string of the molecule is CC(C)c1ccc(CCCN2CCc3cc(OCCN(O)C(N)=O)ccc3C2=O)cc1. The first kappa shape index (κ1) is 22.6. The van der Waals surface area contributed by atoms with Gasteiger partial charge in [0.25, 0.3) is 5.91 Å². The van der Waals surface area contributed by atoms with Crippen LogP contribution in [0.1, 0.15) is 53.2 Å². The number of hydroxylamine groups is 2. The number of nitrogens with two attached hydrogens (primary N) is 1. The van der Waals surface area contributed by atoms with E-state index in [0.29, 0.717) is 28.8 Å². The minimum Gasteiger partial charge on any atom is -0.492 e. The van der Waals surface area contributed by atoms with Gasteiger partial charge < -0.3 is 15.4 Å². The highest BCUT2D eigenvalue weighted by Gasteiger charge is 2.24. The summed E-state index contributed by atoms with van der Waals surface area (Å²) >= 11 is 0. The van der Waals surface area contributed by atoms with Gasteiger partial charge in [-0.15, -0.1) is 0 Å². The van der Waals surface area contributed by atoms with Crippen molar-refractivity contribution in [2.75, 3.05) is 26.2 Å². The molecular weight excluding hydrogens is 394 g/mol. The van der Waals surface area contributed by atoms with Crippen molar-refractivity contribution in [1.29, 1.82) is 0 Å². The zero-order valence-electron chi connectivity index (χ0n) is 18.2. The lowest BCUT2D eigenvalue weighted by atomic mass is 9.98. The second-order valence-corrected chi connectivity index (χ2v) is 8.17. The highest BCUT2D eigenvalue weighted by atomic mass is 16.5. The number of ether oxygens (including phenoxy) is 1. The van der Waals surface area contributed by atoms with Crippen molar-refractivity contribution >= 4 is 11.9 Å². The molecule has 31 heavy (non-hydrogen) atoms. The van der Waals surface area contributed by atoms with Crippen LogP contribution in [0.2, 0.25) is 0 Å². The maximum absolute atomic E-state index is 12.9. The molecule has 3 rings (SSSR count). The van der Waals surface area contributed by atoms with E-state index in [2.05, 4.69) is 38.1 Å². The van der Waals surface area contributed by atoms with Crippen LogP contribution in [0.25, 0.3) is 0 Å². The molecule has 0 unspecified atom stereocenters. The van der Waals surface area contributed by atoms with Crippen LogP contribution in [0, 0.1) is 0 Å². The Morgan fingerprint density at radius 2 is 1.97 bits per heavy atom. The number of hydrogen-bond donors (Lipinski definition) is 2. The molecule has 0 bridgehead atoms. The van der Waals surface area contributed by atoms with E-state index in [-0.39, 0.29) is 19.1 Å². The fourth-order valence-electron chi connectivity index (χ4n) is 3.72. The second-order valence-electron chi connectivity index (χ2n) is 8.17. The molecule has 0 saturated heterocycles. The number of amides is 3. The summed E-state index contributed by atoms with van der Waals surface area (Å²) < 4.78 is 5.56. The van der Waals surface area contributed by atoms with E-state index < -0.39 is 6.03 Å². The first-order valence-electron chi connectivity index (χ1n) is 10.7. The first-order chi connectivity index (χ1) is 14.8. The summed E-state index contributed by atoms with van der Waals surface area (Å²) in [7, 11) is 0. The van der Waals surface area contributed by atoms with Crippen LogP contribution in [0.4, 0.5) is 4.79 Å². The first-order valence-corrected chi connectivity index (χ1v) is 10.7. The number of hydrogen-bond acceptors (Lipinski definition) is 4. The van der Waals surface area contributed by atoms with Crippen molar-refractivity contribution in [1.82, 2.24) is 9.96 Å². The number of carbonyl (C=O) groups is 2. The van der Waals surface area contributed by atoms with Crippen LogP contribution >= 0.6 is 0 Å². The van der Waals surface area contributed by atoms with Gasteiger partial charge in [-0.3, -0.25) is 10.0 Å². The molecule has 1 aliphatic rings. The average molecular weight is 426 g/mol. The van der Waals surface area contributed by atoms with E-state index in [9.17, 15) is 14.8 Å². The van der Waals surface area contributed by atoms with Crippen molar-refractivity contribution in [3.63, 3.8) is 0 Å². The Morgan fingerprint density at radius 1 is 1.23 bits per heavy atom. The molecule has 0 aliphatic carbocycles. The quantitative estimate of drug-likeness (QED) is 0.474. The van der Waals surface area contributed by atoms with Gasteiger partial charge in [0.2, 0.25) is 0 Å². The maximum atomic E-state index is 12.9. The highest BCUT2D eigenvalue weighted by Crippen LogP contribution is 2.24. The number of aryl methyl sites for hydroxylation is 1. The number of primary amides is 1. The van der Waals surface area contributed by atoms with E-state index in [1.165, 1.54) is 11.1 Å². The van der Waals surface area contributed by atoms with Crippen molar-refractivity contribution in [2.45, 2.75) is 39.0 Å². The van der Waals surface area contributed by atoms with Gasteiger partial charge in [-0.1, -0.05) is 38.1 Å². The molecule has 3 amide bonds. The van der Waals surface area contributed by atoms with Gasteiger partial charge >= 0.3 is 6.03 Å². The Kier molecular flexibility index (Phi) is 7.52. The normalized spacial score (nSPS) is 13.3. The molecule has 2 aromatic carbocycles. The molecular formula is C24H31N3O4. The number of carbonyl (C=O) groups excluding carboxylic acids is 2. The summed E-state index contributed by atoms with van der Waals surface area (Å²) in [6.07, 6.45) is 2.66. The predicted octanol–water partition coefficient (Wildman–Crippen LogP) is 3.59. The Balaban J connectivity index is 1.50. The van der Waals surface area contributed by atoms with Gasteiger partial charge in [0.1, 0.15) is 12.4 Å². The van der Waals surface area contributed by atoms with E-state index in [1.807, 2.05) is 11.0 Å². The average Bonchev–Trinajstić information content (AvgIpc) is 2.75. The lowest BCUT2D eigenvalue weighted by molar-refractivity contribution is -0.0464. The second kappa shape index (κ2) is 10.3. The van der Waals surface area contributed by atoms with Crippen molar-refractivity contribution in [2.24, 2.45) is 5.73 Å². The number of benzene rings is 2. The monoisotopic (exact) mass is 425 g/mol. The molecule has 166 valence electrons. The van der Waals surface area contributed by atoms with E-state index in [0.717, 1.165) is 31.4 Å². The fourth-order valence-corrected chi connectivity index (χ4v) is 3.72. The summed E-state index contributed by atoms with van der Waals surface area (Å²) in [5.74, 6) is 1.19. The number of fused-ring (bicyclic) bond motifs is 1. The van der Waals surface area contributed by atoms with Crippen molar-refractivity contribution in [3.8, 4) is 5.75 Å². The Bertz CT molecular complexity index is 912. The third-order valence-electron chi connectivity index (χ3n) is 5.61. The van der Waals surface area contributed by atoms with Crippen molar-refractivity contribution < 1.29 is 19.5 Å². The fraction of sp³-hybridized carbons (Fsp3) is 0.417. The van der Waals surface area contributed by atoms with Crippen LogP contribution in [0.3, 0.4) is 0 Å². The lowest BCUT2D eigenvalue weighted by Gasteiger charge is -2.29. The topological polar surface area (TPSA) is 96.1 Å². The number of urea groups is 1. The Hall–Kier alpha value is -3.06. The molecule has 7 heteroatoms. The Morgan fingerprint density at radius 3 is 2.65 bits per heavy atom. The minimum absolute atomic E-state index is 0.0284. The molecule has 0 radical (unpaired) electrons. The largest absolute Gasteiger partial charge is 0.492 e. The zero-order valence-corrected chi connectivity index (χ0v) is 18.2. The van der Waals surface area contributed by atoms with Crippen LogP contribution in [-0.2, 0) is 12.8 Å². The summed E-state index contributed by atoms with van der Waals surface area (Å²) in [5.41, 5.74) is 9.27. The van der Waals surface area contributed by atoms with Gasteiger partial charge in [-0.2, -0.15) is 0 Å². The number of nitrogens with zero attached hydrogens (tertiary/aromatic N) is 2. The summed E-state index contributed by atoms with van der Waals surface area (Å²) in [4.78, 5) is 25.6. The molecule has 0 aromatic heterocycles. The maximum Gasteiger partial charge on any atom is 0.338 e. The molecule has 0 fully saturated rings. The van der Waals surface area contributed by atoms with Crippen LogP contribution in [0.15, 0.2) is 42.5 Å². The zero-order chi connectivity index (χ0) is 22.4. The standard InChI is InChI=1S/C24H31N3O4/c1-17(2)19-7-5-18(6-8-19)4-3-12-26-13-11-20-16-21(9-10-22(20)23(26)28)31-15-14-27(30)24(25)29/h5-10,16-17,30H,3-4,11-15H2,1-2H3,(H2,25,29). The summed E-state index contributed by atoms with van der Waals surface area (Å²) in [6, 6.07) is 13.2. The third kappa shape index (κ3) is 5.98. The van der Waals surface area contributed by atoms with Crippen LogP contribution in [0.5, 0.6) is 5.75 Å². The lowest BCUT2D eigenvalue weighted by Crippen LogP contribution is -2.38. The third-order valence-corrected chi connectivity index (χ3v) is 5.61. The summed E-state index contributed by atoms with van der Waals surface area (Å²) in [5, 5.41) is 9.67. The van der Waals surface area contributed by atoms with E-state index in [1.54, 1.807) is 12.1 Å². The molecule has 1 aliphatic heterocycles. The summed E-state index contributed by atoms with van der Waals surface area (Å²) in [6.45, 7) is 5.89. The van der Waals surface area contributed by atoms with Gasteiger partial charge in [0.15, 0.2) is 0 Å². The van der Waals surface area contributed by atoms with Gasteiger partial charge in [-0.25, -0.2) is 9.86 Å². The minimum atomic E-state index is -0.924. The number of rotatable bonds is 9. The van der Waals surface area contributed by atoms with Gasteiger partial charge in [0, 0.05) is 18.7 Å².